The van der Waals surface area contributed by atoms with Crippen LogP contribution in [0.15, 0.2) is 27.7 Å². The first-order valence-electron chi connectivity index (χ1n) is 6.27. The van der Waals surface area contributed by atoms with Gasteiger partial charge in [-0.25, -0.2) is 0 Å². The van der Waals surface area contributed by atoms with Crippen molar-refractivity contribution in [2.75, 3.05) is 11.1 Å². The van der Waals surface area contributed by atoms with Gasteiger partial charge >= 0.3 is 0 Å². The third-order valence-corrected chi connectivity index (χ3v) is 4.62. The molecule has 1 unspecified atom stereocenters. The molecule has 19 heavy (non-hydrogen) atoms. The fraction of sp³-hybridized carbons (Fsp3) is 0.429. The van der Waals surface area contributed by atoms with Crippen LogP contribution in [0.5, 0.6) is 0 Å². The molecule has 0 spiro atoms. The Labute approximate surface area is 126 Å². The molecule has 1 aliphatic rings. The van der Waals surface area contributed by atoms with E-state index in [2.05, 4.69) is 41.2 Å². The van der Waals surface area contributed by atoms with Crippen LogP contribution in [-0.4, -0.2) is 17.0 Å². The molecule has 0 aromatic heterocycles. The largest absolute Gasteiger partial charge is 0.334 e. The van der Waals surface area contributed by atoms with E-state index in [0.29, 0.717) is 17.5 Å². The highest BCUT2D eigenvalue weighted by atomic mass is 79.9. The number of aliphatic imine (C=N–C) groups is 1. The van der Waals surface area contributed by atoms with Gasteiger partial charge in [-0.2, -0.15) is 5.26 Å². The summed E-state index contributed by atoms with van der Waals surface area (Å²) in [5, 5.41) is 13.2. The van der Waals surface area contributed by atoms with E-state index in [1.807, 2.05) is 12.1 Å². The second-order valence-corrected chi connectivity index (χ2v) is 6.75. The lowest BCUT2D eigenvalue weighted by atomic mass is 10.0. The summed E-state index contributed by atoms with van der Waals surface area (Å²) in [4.78, 5) is 4.74. The molecule has 1 atom stereocenters. The standard InChI is InChI=1S/C14H16BrN3S/c1-9(2)12-5-6-19-14(17-12)18-13-4-3-10(8-16)7-11(13)15/h3-4,7,9,12H,5-6H2,1-2H3,(H,17,18). The molecule has 0 aliphatic carbocycles. The van der Waals surface area contributed by atoms with Crippen LogP contribution >= 0.6 is 27.7 Å². The quantitative estimate of drug-likeness (QED) is 0.877. The van der Waals surface area contributed by atoms with Crippen molar-refractivity contribution in [3.05, 3.63) is 28.2 Å². The summed E-state index contributed by atoms with van der Waals surface area (Å²) in [7, 11) is 0. The Morgan fingerprint density at radius 3 is 2.95 bits per heavy atom. The smallest absolute Gasteiger partial charge is 0.161 e. The number of hydrogen-bond donors (Lipinski definition) is 1. The normalized spacial score (nSPS) is 18.9. The minimum atomic E-state index is 0.404. The number of nitriles is 1. The highest BCUT2D eigenvalue weighted by Gasteiger charge is 2.19. The first-order chi connectivity index (χ1) is 9.10. The summed E-state index contributed by atoms with van der Waals surface area (Å²) >= 11 is 5.23. The number of anilines is 1. The molecule has 3 nitrogen and oxygen atoms in total. The maximum Gasteiger partial charge on any atom is 0.161 e. The second kappa shape index (κ2) is 6.44. The lowest BCUT2D eigenvalue weighted by Gasteiger charge is -2.23. The number of thioether (sulfide) groups is 1. The van der Waals surface area contributed by atoms with E-state index >= 15 is 0 Å². The second-order valence-electron chi connectivity index (χ2n) is 4.81. The number of hydrogen-bond acceptors (Lipinski definition) is 4. The summed E-state index contributed by atoms with van der Waals surface area (Å²) in [5.74, 6) is 1.67. The summed E-state index contributed by atoms with van der Waals surface area (Å²) in [6.45, 7) is 4.42. The van der Waals surface area contributed by atoms with Crippen LogP contribution in [0.2, 0.25) is 0 Å². The van der Waals surface area contributed by atoms with Crippen molar-refractivity contribution in [1.82, 2.24) is 0 Å². The van der Waals surface area contributed by atoms with E-state index in [9.17, 15) is 0 Å². The Bertz CT molecular complexity index is 534. The average Bonchev–Trinajstić information content (AvgIpc) is 2.41. The fourth-order valence-electron chi connectivity index (χ4n) is 1.88. The molecular formula is C14H16BrN3S. The molecule has 0 bridgehead atoms. The van der Waals surface area contributed by atoms with Crippen LogP contribution in [0, 0.1) is 17.2 Å². The highest BCUT2D eigenvalue weighted by Crippen LogP contribution is 2.27. The fourth-order valence-corrected chi connectivity index (χ4v) is 3.30. The molecule has 1 N–H and O–H groups in total. The van der Waals surface area contributed by atoms with Crippen molar-refractivity contribution in [2.24, 2.45) is 10.9 Å². The van der Waals surface area contributed by atoms with Gasteiger partial charge in [0, 0.05) is 10.2 Å². The van der Waals surface area contributed by atoms with Crippen LogP contribution < -0.4 is 5.32 Å². The summed E-state index contributed by atoms with van der Waals surface area (Å²) < 4.78 is 0.890. The van der Waals surface area contributed by atoms with Crippen molar-refractivity contribution < 1.29 is 0 Å². The van der Waals surface area contributed by atoms with Gasteiger partial charge in [-0.3, -0.25) is 4.99 Å². The van der Waals surface area contributed by atoms with Crippen LogP contribution in [0.3, 0.4) is 0 Å². The third kappa shape index (κ3) is 3.74. The molecule has 0 saturated heterocycles. The van der Waals surface area contributed by atoms with Crippen molar-refractivity contribution >= 4 is 38.5 Å². The molecular weight excluding hydrogens is 322 g/mol. The van der Waals surface area contributed by atoms with Gasteiger partial charge in [0.1, 0.15) is 0 Å². The van der Waals surface area contributed by atoms with Gasteiger partial charge in [0.2, 0.25) is 0 Å². The van der Waals surface area contributed by atoms with Gasteiger partial charge < -0.3 is 5.32 Å². The van der Waals surface area contributed by atoms with Gasteiger partial charge in [-0.15, -0.1) is 0 Å². The van der Waals surface area contributed by atoms with Crippen LogP contribution in [0.1, 0.15) is 25.8 Å². The van der Waals surface area contributed by atoms with Crippen molar-refractivity contribution in [2.45, 2.75) is 26.3 Å². The maximum absolute atomic E-state index is 8.85. The molecule has 5 heteroatoms. The SMILES string of the molecule is CC(C)C1CCSC(Nc2ccc(C#N)cc2Br)=N1. The first-order valence-corrected chi connectivity index (χ1v) is 8.05. The van der Waals surface area contributed by atoms with E-state index in [4.69, 9.17) is 10.3 Å². The summed E-state index contributed by atoms with van der Waals surface area (Å²) in [6, 6.07) is 8.06. The summed E-state index contributed by atoms with van der Waals surface area (Å²) in [6.07, 6.45) is 1.14. The Kier molecular flexibility index (Phi) is 4.89. The first kappa shape index (κ1) is 14.4. The number of benzene rings is 1. The van der Waals surface area contributed by atoms with Crippen LogP contribution in [-0.2, 0) is 0 Å². The van der Waals surface area contributed by atoms with E-state index in [-0.39, 0.29) is 0 Å². The van der Waals surface area contributed by atoms with Gasteiger partial charge in [-0.1, -0.05) is 25.6 Å². The summed E-state index contributed by atoms with van der Waals surface area (Å²) in [5.41, 5.74) is 1.60. The Hall–Kier alpha value is -0.990. The topological polar surface area (TPSA) is 48.2 Å². The number of halogens is 1. The minimum absolute atomic E-state index is 0.404. The number of nitrogens with zero attached hydrogens (tertiary/aromatic N) is 2. The molecule has 2 rings (SSSR count). The van der Waals surface area contributed by atoms with Gasteiger partial charge in [-0.05, 0) is 46.5 Å². The van der Waals surface area contributed by atoms with Crippen LogP contribution in [0.4, 0.5) is 5.69 Å². The van der Waals surface area contributed by atoms with Crippen molar-refractivity contribution in [3.8, 4) is 6.07 Å². The monoisotopic (exact) mass is 337 g/mol. The molecule has 0 amide bonds. The minimum Gasteiger partial charge on any atom is -0.334 e. The molecule has 1 aromatic rings. The lowest BCUT2D eigenvalue weighted by Crippen LogP contribution is -2.24. The van der Waals surface area contributed by atoms with E-state index in [0.717, 1.165) is 27.5 Å². The Morgan fingerprint density at radius 1 is 1.53 bits per heavy atom. The molecule has 1 heterocycles. The molecule has 0 radical (unpaired) electrons. The zero-order valence-electron chi connectivity index (χ0n) is 11.0. The van der Waals surface area contributed by atoms with Gasteiger partial charge in [0.25, 0.3) is 0 Å². The van der Waals surface area contributed by atoms with Crippen molar-refractivity contribution in [1.29, 1.82) is 5.26 Å². The lowest BCUT2D eigenvalue weighted by molar-refractivity contribution is 0.485. The Balaban J connectivity index is 2.15. The Morgan fingerprint density at radius 2 is 2.32 bits per heavy atom. The van der Waals surface area contributed by atoms with Crippen molar-refractivity contribution in [3.63, 3.8) is 0 Å². The average molecular weight is 338 g/mol. The maximum atomic E-state index is 8.85. The van der Waals surface area contributed by atoms with E-state index < -0.39 is 0 Å². The number of amidine groups is 1. The van der Waals surface area contributed by atoms with Gasteiger partial charge in [0.15, 0.2) is 5.17 Å². The molecule has 0 saturated carbocycles. The zero-order valence-corrected chi connectivity index (χ0v) is 13.4. The molecule has 1 aliphatic heterocycles. The highest BCUT2D eigenvalue weighted by molar-refractivity contribution is 9.10. The molecule has 0 fully saturated rings. The molecule has 100 valence electrons. The van der Waals surface area contributed by atoms with Crippen LogP contribution in [0.25, 0.3) is 0 Å². The van der Waals surface area contributed by atoms with E-state index in [1.165, 1.54) is 0 Å². The predicted molar refractivity (Wildman–Crippen MR) is 85.6 cm³/mol. The third-order valence-electron chi connectivity index (χ3n) is 3.04. The van der Waals surface area contributed by atoms with E-state index in [1.54, 1.807) is 17.8 Å². The molecule has 1 aromatic carbocycles. The predicted octanol–water partition coefficient (Wildman–Crippen LogP) is 4.25. The number of rotatable bonds is 2. The van der Waals surface area contributed by atoms with Gasteiger partial charge in [0.05, 0.1) is 23.4 Å². The zero-order chi connectivity index (χ0) is 13.8. The number of nitrogens with one attached hydrogen (secondary N) is 1.